The predicted molar refractivity (Wildman–Crippen MR) is 110 cm³/mol. The van der Waals surface area contributed by atoms with Crippen LogP contribution in [0.5, 0.6) is 0 Å². The number of hydrogen-bond donors (Lipinski definition) is 2. The Labute approximate surface area is 171 Å². The van der Waals surface area contributed by atoms with Gasteiger partial charge in [0.1, 0.15) is 0 Å². The lowest BCUT2D eigenvalue weighted by atomic mass is 9.92. The number of rotatable bonds is 9. The SMILES string of the molecule is O=C(CNC(=O)C(Cc1cccnc1)c1ccccc1)NCCN1CCOCC1. The molecule has 0 spiro atoms. The zero-order valence-corrected chi connectivity index (χ0v) is 16.5. The van der Waals surface area contributed by atoms with E-state index in [9.17, 15) is 9.59 Å². The van der Waals surface area contributed by atoms with Gasteiger partial charge in [-0.2, -0.15) is 0 Å². The summed E-state index contributed by atoms with van der Waals surface area (Å²) in [6.45, 7) is 4.57. The summed E-state index contributed by atoms with van der Waals surface area (Å²) in [4.78, 5) is 31.3. The lowest BCUT2D eigenvalue weighted by Crippen LogP contribution is -2.44. The molecule has 1 saturated heterocycles. The van der Waals surface area contributed by atoms with Gasteiger partial charge in [0.05, 0.1) is 25.7 Å². The Morgan fingerprint density at radius 3 is 2.59 bits per heavy atom. The van der Waals surface area contributed by atoms with Gasteiger partial charge < -0.3 is 15.4 Å². The second-order valence-electron chi connectivity index (χ2n) is 7.05. The van der Waals surface area contributed by atoms with Crippen LogP contribution in [0.3, 0.4) is 0 Å². The van der Waals surface area contributed by atoms with Crippen molar-refractivity contribution in [1.82, 2.24) is 20.5 Å². The lowest BCUT2D eigenvalue weighted by Gasteiger charge is -2.26. The van der Waals surface area contributed by atoms with E-state index >= 15 is 0 Å². The van der Waals surface area contributed by atoms with Gasteiger partial charge in [-0.05, 0) is 23.6 Å². The third-order valence-electron chi connectivity index (χ3n) is 4.96. The maximum atomic E-state index is 12.8. The smallest absolute Gasteiger partial charge is 0.239 e. The molecule has 7 nitrogen and oxygen atoms in total. The Morgan fingerprint density at radius 2 is 1.86 bits per heavy atom. The monoisotopic (exact) mass is 396 g/mol. The molecule has 0 radical (unpaired) electrons. The number of carbonyl (C=O) groups is 2. The van der Waals surface area contributed by atoms with Gasteiger partial charge >= 0.3 is 0 Å². The van der Waals surface area contributed by atoms with E-state index in [1.807, 2.05) is 42.5 Å². The summed E-state index contributed by atoms with van der Waals surface area (Å²) in [5.74, 6) is -0.718. The zero-order chi connectivity index (χ0) is 20.3. The molecule has 2 amide bonds. The molecule has 2 heterocycles. The van der Waals surface area contributed by atoms with Crippen molar-refractivity contribution in [2.24, 2.45) is 0 Å². The van der Waals surface area contributed by atoms with Gasteiger partial charge in [0, 0.05) is 38.6 Å². The highest BCUT2D eigenvalue weighted by Crippen LogP contribution is 2.20. The minimum Gasteiger partial charge on any atom is -0.379 e. The summed E-state index contributed by atoms with van der Waals surface area (Å²) in [6.07, 6.45) is 4.01. The summed E-state index contributed by atoms with van der Waals surface area (Å²) in [6, 6.07) is 13.4. The highest BCUT2D eigenvalue weighted by atomic mass is 16.5. The molecule has 7 heteroatoms. The number of carbonyl (C=O) groups excluding carboxylic acids is 2. The molecule has 2 aromatic rings. The minimum absolute atomic E-state index is 0.0294. The van der Waals surface area contributed by atoms with Crippen LogP contribution >= 0.6 is 0 Å². The topological polar surface area (TPSA) is 83.6 Å². The van der Waals surface area contributed by atoms with Gasteiger partial charge in [0.15, 0.2) is 0 Å². The molecule has 1 aromatic heterocycles. The first-order valence-electron chi connectivity index (χ1n) is 10.0. The summed E-state index contributed by atoms with van der Waals surface area (Å²) >= 11 is 0. The fraction of sp³-hybridized carbons (Fsp3) is 0.409. The van der Waals surface area contributed by atoms with E-state index in [0.29, 0.717) is 13.0 Å². The zero-order valence-electron chi connectivity index (χ0n) is 16.5. The van der Waals surface area contributed by atoms with E-state index in [4.69, 9.17) is 4.74 Å². The number of nitrogens with one attached hydrogen (secondary N) is 2. The molecular weight excluding hydrogens is 368 g/mol. The average Bonchev–Trinajstić information content (AvgIpc) is 2.78. The van der Waals surface area contributed by atoms with Crippen molar-refractivity contribution in [3.8, 4) is 0 Å². The number of nitrogens with zero attached hydrogens (tertiary/aromatic N) is 2. The third-order valence-corrected chi connectivity index (χ3v) is 4.96. The molecule has 1 aliphatic rings. The van der Waals surface area contributed by atoms with Gasteiger partial charge in [-0.1, -0.05) is 36.4 Å². The van der Waals surface area contributed by atoms with E-state index in [1.165, 1.54) is 0 Å². The highest BCUT2D eigenvalue weighted by molar-refractivity contribution is 5.88. The Morgan fingerprint density at radius 1 is 1.07 bits per heavy atom. The molecule has 2 N–H and O–H groups in total. The van der Waals surface area contributed by atoms with Crippen molar-refractivity contribution in [2.75, 3.05) is 45.9 Å². The van der Waals surface area contributed by atoms with Crippen molar-refractivity contribution in [2.45, 2.75) is 12.3 Å². The maximum absolute atomic E-state index is 12.8. The summed E-state index contributed by atoms with van der Waals surface area (Å²) in [7, 11) is 0. The van der Waals surface area contributed by atoms with Gasteiger partial charge in [0.25, 0.3) is 0 Å². The fourth-order valence-electron chi connectivity index (χ4n) is 3.33. The molecule has 29 heavy (non-hydrogen) atoms. The number of amides is 2. The number of benzene rings is 1. The van der Waals surface area contributed by atoms with Crippen LogP contribution in [0.2, 0.25) is 0 Å². The second kappa shape index (κ2) is 11.3. The first kappa shape index (κ1) is 21.0. The lowest BCUT2D eigenvalue weighted by molar-refractivity contribution is -0.127. The molecule has 1 fully saturated rings. The van der Waals surface area contributed by atoms with Crippen molar-refractivity contribution < 1.29 is 14.3 Å². The van der Waals surface area contributed by atoms with E-state index in [0.717, 1.165) is 44.0 Å². The van der Waals surface area contributed by atoms with Crippen LogP contribution in [0.1, 0.15) is 17.0 Å². The summed E-state index contributed by atoms with van der Waals surface area (Å²) < 4.78 is 5.31. The molecular formula is C22H28N4O3. The summed E-state index contributed by atoms with van der Waals surface area (Å²) in [5.41, 5.74) is 1.90. The minimum atomic E-state index is -0.374. The number of morpholine rings is 1. The molecule has 1 unspecified atom stereocenters. The number of aromatic nitrogens is 1. The largest absolute Gasteiger partial charge is 0.379 e. The van der Waals surface area contributed by atoms with E-state index in [1.54, 1.807) is 12.4 Å². The van der Waals surface area contributed by atoms with Crippen LogP contribution in [0.25, 0.3) is 0 Å². The van der Waals surface area contributed by atoms with Gasteiger partial charge in [0.2, 0.25) is 11.8 Å². The Kier molecular flexibility index (Phi) is 8.15. The molecule has 1 atom stereocenters. The number of pyridine rings is 1. The van der Waals surface area contributed by atoms with Gasteiger partial charge in [-0.25, -0.2) is 0 Å². The Hall–Kier alpha value is -2.77. The third kappa shape index (κ3) is 6.96. The normalized spacial score (nSPS) is 15.4. The first-order valence-corrected chi connectivity index (χ1v) is 10.0. The first-order chi connectivity index (χ1) is 14.2. The van der Waals surface area contributed by atoms with E-state index in [-0.39, 0.29) is 24.3 Å². The summed E-state index contributed by atoms with van der Waals surface area (Å²) in [5, 5.41) is 5.65. The molecule has 0 saturated carbocycles. The van der Waals surface area contributed by atoms with Crippen molar-refractivity contribution in [3.05, 3.63) is 66.0 Å². The molecule has 154 valence electrons. The highest BCUT2D eigenvalue weighted by Gasteiger charge is 2.21. The average molecular weight is 396 g/mol. The second-order valence-corrected chi connectivity index (χ2v) is 7.05. The Balaban J connectivity index is 1.49. The maximum Gasteiger partial charge on any atom is 0.239 e. The van der Waals surface area contributed by atoms with Crippen LogP contribution in [-0.4, -0.2) is 67.6 Å². The van der Waals surface area contributed by atoms with Gasteiger partial charge in [-0.15, -0.1) is 0 Å². The van der Waals surface area contributed by atoms with Crippen LogP contribution in [0, 0.1) is 0 Å². The fourth-order valence-corrected chi connectivity index (χ4v) is 3.33. The standard InChI is InChI=1S/C22H28N4O3/c27-21(24-9-10-26-11-13-29-14-12-26)17-25-22(28)20(19-6-2-1-3-7-19)15-18-5-4-8-23-16-18/h1-8,16,20H,9-15,17H2,(H,24,27)(H,25,28). The quantitative estimate of drug-likeness (QED) is 0.660. The molecule has 3 rings (SSSR count). The van der Waals surface area contributed by atoms with Crippen LogP contribution < -0.4 is 10.6 Å². The molecule has 0 bridgehead atoms. The van der Waals surface area contributed by atoms with Crippen LogP contribution in [0.15, 0.2) is 54.9 Å². The number of ether oxygens (including phenoxy) is 1. The van der Waals surface area contributed by atoms with Crippen LogP contribution in [0.4, 0.5) is 0 Å². The molecule has 0 aliphatic carbocycles. The Bertz CT molecular complexity index is 764. The van der Waals surface area contributed by atoms with Gasteiger partial charge in [-0.3, -0.25) is 19.5 Å². The number of hydrogen-bond acceptors (Lipinski definition) is 5. The molecule has 1 aromatic carbocycles. The van der Waals surface area contributed by atoms with Crippen molar-refractivity contribution in [3.63, 3.8) is 0 Å². The van der Waals surface area contributed by atoms with Crippen LogP contribution in [-0.2, 0) is 20.7 Å². The molecule has 1 aliphatic heterocycles. The van der Waals surface area contributed by atoms with E-state index in [2.05, 4.69) is 20.5 Å². The predicted octanol–water partition coefficient (Wildman–Crippen LogP) is 0.973. The van der Waals surface area contributed by atoms with E-state index < -0.39 is 0 Å². The van der Waals surface area contributed by atoms with Crippen molar-refractivity contribution >= 4 is 11.8 Å². The van der Waals surface area contributed by atoms with Crippen molar-refractivity contribution in [1.29, 1.82) is 0 Å².